The summed E-state index contributed by atoms with van der Waals surface area (Å²) in [5.41, 5.74) is 1.97. The number of hydrogen-bond donors (Lipinski definition) is 3. The minimum atomic E-state index is -0.226. The molecule has 5 heteroatoms. The van der Waals surface area contributed by atoms with Gasteiger partial charge in [0, 0.05) is 25.7 Å². The summed E-state index contributed by atoms with van der Waals surface area (Å²) in [6, 6.07) is 7.53. The highest BCUT2D eigenvalue weighted by Crippen LogP contribution is 2.10. The van der Waals surface area contributed by atoms with E-state index in [4.69, 9.17) is 0 Å². The third kappa shape index (κ3) is 6.45. The molecule has 3 N–H and O–H groups in total. The first-order valence-electron chi connectivity index (χ1n) is 6.50. The zero-order chi connectivity index (χ0) is 14.1. The normalized spacial score (nSPS) is 9.79. The third-order valence-corrected chi connectivity index (χ3v) is 2.61. The second-order valence-corrected chi connectivity index (χ2v) is 4.27. The summed E-state index contributed by atoms with van der Waals surface area (Å²) in [6.45, 7) is 4.64. The lowest BCUT2D eigenvalue weighted by molar-refractivity contribution is -0.118. The van der Waals surface area contributed by atoms with Crippen molar-refractivity contribution in [2.45, 2.75) is 26.7 Å². The number of benzene rings is 1. The number of urea groups is 1. The number of nitrogens with one attached hydrogen (secondary N) is 3. The van der Waals surface area contributed by atoms with Crippen LogP contribution in [0.15, 0.2) is 24.3 Å². The van der Waals surface area contributed by atoms with Crippen LogP contribution < -0.4 is 16.0 Å². The highest BCUT2D eigenvalue weighted by atomic mass is 16.2. The van der Waals surface area contributed by atoms with Gasteiger partial charge >= 0.3 is 6.03 Å². The second-order valence-electron chi connectivity index (χ2n) is 4.27. The van der Waals surface area contributed by atoms with Crippen molar-refractivity contribution in [3.63, 3.8) is 0 Å². The van der Waals surface area contributed by atoms with Crippen LogP contribution >= 0.6 is 0 Å². The SMILES string of the molecule is CCc1cccc(NC(=O)NCCCNC(C)=O)c1. The minimum absolute atomic E-state index is 0.0548. The molecule has 104 valence electrons. The zero-order valence-corrected chi connectivity index (χ0v) is 11.5. The third-order valence-electron chi connectivity index (χ3n) is 2.61. The molecule has 0 spiro atoms. The van der Waals surface area contributed by atoms with E-state index in [-0.39, 0.29) is 11.9 Å². The Kier molecular flexibility index (Phi) is 6.43. The number of amides is 3. The van der Waals surface area contributed by atoms with Gasteiger partial charge in [0.15, 0.2) is 0 Å². The van der Waals surface area contributed by atoms with Gasteiger partial charge in [0.2, 0.25) is 5.91 Å². The van der Waals surface area contributed by atoms with E-state index in [1.54, 1.807) is 0 Å². The molecule has 5 nitrogen and oxygen atoms in total. The molecular formula is C14H21N3O2. The summed E-state index contributed by atoms with van der Waals surface area (Å²) in [7, 11) is 0. The van der Waals surface area contributed by atoms with Gasteiger partial charge in [0.1, 0.15) is 0 Å². The molecule has 0 aliphatic rings. The lowest BCUT2D eigenvalue weighted by Crippen LogP contribution is -2.31. The minimum Gasteiger partial charge on any atom is -0.356 e. The highest BCUT2D eigenvalue weighted by Gasteiger charge is 2.01. The van der Waals surface area contributed by atoms with Crippen molar-refractivity contribution in [2.75, 3.05) is 18.4 Å². The van der Waals surface area contributed by atoms with Crippen molar-refractivity contribution in [3.05, 3.63) is 29.8 Å². The van der Waals surface area contributed by atoms with Gasteiger partial charge in [-0.2, -0.15) is 0 Å². The Labute approximate surface area is 113 Å². The van der Waals surface area contributed by atoms with Crippen LogP contribution in [0.25, 0.3) is 0 Å². The van der Waals surface area contributed by atoms with E-state index >= 15 is 0 Å². The van der Waals surface area contributed by atoms with Crippen LogP contribution in [0.5, 0.6) is 0 Å². The van der Waals surface area contributed by atoms with E-state index in [1.165, 1.54) is 12.5 Å². The highest BCUT2D eigenvalue weighted by molar-refractivity contribution is 5.89. The Balaban J connectivity index is 2.25. The maximum Gasteiger partial charge on any atom is 0.319 e. The van der Waals surface area contributed by atoms with Gasteiger partial charge in [-0.05, 0) is 30.5 Å². The van der Waals surface area contributed by atoms with E-state index in [9.17, 15) is 9.59 Å². The molecular weight excluding hydrogens is 242 g/mol. The Morgan fingerprint density at radius 3 is 2.58 bits per heavy atom. The van der Waals surface area contributed by atoms with Crippen molar-refractivity contribution in [3.8, 4) is 0 Å². The molecule has 0 aromatic heterocycles. The van der Waals surface area contributed by atoms with Crippen molar-refractivity contribution in [2.24, 2.45) is 0 Å². The monoisotopic (exact) mass is 263 g/mol. The predicted molar refractivity (Wildman–Crippen MR) is 76.1 cm³/mol. The molecule has 0 aliphatic heterocycles. The summed E-state index contributed by atoms with van der Waals surface area (Å²) >= 11 is 0. The fraction of sp³-hybridized carbons (Fsp3) is 0.429. The van der Waals surface area contributed by atoms with Gasteiger partial charge in [-0.1, -0.05) is 19.1 Å². The summed E-state index contributed by atoms with van der Waals surface area (Å²) in [4.78, 5) is 22.2. The summed E-state index contributed by atoms with van der Waals surface area (Å²) in [5, 5.41) is 8.19. The summed E-state index contributed by atoms with van der Waals surface area (Å²) in [6.07, 6.45) is 1.65. The first-order valence-corrected chi connectivity index (χ1v) is 6.50. The lowest BCUT2D eigenvalue weighted by Gasteiger charge is -2.08. The second kappa shape index (κ2) is 8.13. The maximum atomic E-state index is 11.6. The molecule has 0 heterocycles. The van der Waals surface area contributed by atoms with Crippen LogP contribution in [0.2, 0.25) is 0 Å². The summed E-state index contributed by atoms with van der Waals surface area (Å²) in [5.74, 6) is -0.0548. The van der Waals surface area contributed by atoms with Crippen LogP contribution in [0.1, 0.15) is 25.8 Å². The molecule has 0 saturated heterocycles. The van der Waals surface area contributed by atoms with Crippen molar-refractivity contribution in [1.29, 1.82) is 0 Å². The molecule has 1 rings (SSSR count). The Morgan fingerprint density at radius 1 is 1.16 bits per heavy atom. The largest absolute Gasteiger partial charge is 0.356 e. The predicted octanol–water partition coefficient (Wildman–Crippen LogP) is 1.90. The van der Waals surface area contributed by atoms with Crippen LogP contribution in [0.4, 0.5) is 10.5 Å². The van der Waals surface area contributed by atoms with E-state index in [0.717, 1.165) is 12.1 Å². The molecule has 0 bridgehead atoms. The number of carbonyl (C=O) groups is 2. The quantitative estimate of drug-likeness (QED) is 0.686. The van der Waals surface area contributed by atoms with Gasteiger partial charge in [-0.25, -0.2) is 4.79 Å². The number of carbonyl (C=O) groups excluding carboxylic acids is 2. The van der Waals surface area contributed by atoms with Gasteiger partial charge < -0.3 is 16.0 Å². The topological polar surface area (TPSA) is 70.2 Å². The van der Waals surface area contributed by atoms with Gasteiger partial charge in [-0.15, -0.1) is 0 Å². The number of hydrogen-bond acceptors (Lipinski definition) is 2. The average molecular weight is 263 g/mol. The van der Waals surface area contributed by atoms with Crippen molar-refractivity contribution < 1.29 is 9.59 Å². The number of aryl methyl sites for hydroxylation is 1. The number of rotatable bonds is 6. The van der Waals surface area contributed by atoms with Crippen molar-refractivity contribution in [1.82, 2.24) is 10.6 Å². The summed E-state index contributed by atoms with van der Waals surface area (Å²) < 4.78 is 0. The van der Waals surface area contributed by atoms with E-state index < -0.39 is 0 Å². The van der Waals surface area contributed by atoms with Crippen LogP contribution in [0, 0.1) is 0 Å². The lowest BCUT2D eigenvalue weighted by atomic mass is 10.1. The zero-order valence-electron chi connectivity index (χ0n) is 11.5. The smallest absolute Gasteiger partial charge is 0.319 e. The number of anilines is 1. The van der Waals surface area contributed by atoms with Crippen LogP contribution in [-0.2, 0) is 11.2 Å². The standard InChI is InChI=1S/C14H21N3O2/c1-3-12-6-4-7-13(10-12)17-14(19)16-9-5-8-15-11(2)18/h4,6-7,10H,3,5,8-9H2,1-2H3,(H,15,18)(H2,16,17,19). The fourth-order valence-electron chi connectivity index (χ4n) is 1.60. The Morgan fingerprint density at radius 2 is 1.89 bits per heavy atom. The molecule has 0 fully saturated rings. The van der Waals surface area contributed by atoms with Gasteiger partial charge in [0.05, 0.1) is 0 Å². The molecule has 0 unspecified atom stereocenters. The first-order chi connectivity index (χ1) is 9.11. The molecule has 0 radical (unpaired) electrons. The van der Waals surface area contributed by atoms with Crippen molar-refractivity contribution >= 4 is 17.6 Å². The van der Waals surface area contributed by atoms with E-state index in [0.29, 0.717) is 19.5 Å². The molecule has 0 saturated carbocycles. The molecule has 19 heavy (non-hydrogen) atoms. The van der Waals surface area contributed by atoms with Crippen LogP contribution in [0.3, 0.4) is 0 Å². The molecule has 0 aliphatic carbocycles. The Hall–Kier alpha value is -2.04. The van der Waals surface area contributed by atoms with Gasteiger partial charge in [-0.3, -0.25) is 4.79 Å². The molecule has 3 amide bonds. The first kappa shape index (κ1) is 15.0. The molecule has 1 aromatic rings. The fourth-order valence-corrected chi connectivity index (χ4v) is 1.60. The average Bonchev–Trinajstić information content (AvgIpc) is 2.38. The van der Waals surface area contributed by atoms with Crippen LogP contribution in [-0.4, -0.2) is 25.0 Å². The molecule has 1 aromatic carbocycles. The Bertz CT molecular complexity index is 432. The maximum absolute atomic E-state index is 11.6. The van der Waals surface area contributed by atoms with E-state index in [2.05, 4.69) is 22.9 Å². The van der Waals surface area contributed by atoms with Gasteiger partial charge in [0.25, 0.3) is 0 Å². The van der Waals surface area contributed by atoms with E-state index in [1.807, 2.05) is 24.3 Å². The molecule has 0 atom stereocenters.